The fraction of sp³-hybridized carbons (Fsp3) is 0.571. The number of hydrogen-bond acceptors (Lipinski definition) is 6. The van der Waals surface area contributed by atoms with E-state index in [-0.39, 0.29) is 18.1 Å². The van der Waals surface area contributed by atoms with Crippen LogP contribution in [0.1, 0.15) is 0 Å². The Morgan fingerprint density at radius 2 is 1.71 bits per heavy atom. The molecule has 0 unspecified atom stereocenters. The number of aliphatic hydroxyl groups excluding tert-OH is 1. The molecule has 1 aliphatic heterocycles. The lowest BCUT2D eigenvalue weighted by molar-refractivity contribution is 0.0705. The van der Waals surface area contributed by atoms with Gasteiger partial charge in [-0.05, 0) is 24.3 Å². The summed E-state index contributed by atoms with van der Waals surface area (Å²) in [7, 11) is -2.85. The molecule has 0 amide bonds. The molecule has 0 aliphatic carbocycles. The van der Waals surface area contributed by atoms with Gasteiger partial charge in [0.1, 0.15) is 12.4 Å². The molecule has 1 aromatic carbocycles. The lowest BCUT2D eigenvalue weighted by atomic mass is 10.2. The molecule has 6 nitrogen and oxygen atoms in total. The number of aliphatic hydroxyl groups is 1. The molecule has 1 aromatic rings. The third-order valence-electron chi connectivity index (χ3n) is 3.28. The van der Waals surface area contributed by atoms with Crippen LogP contribution in [-0.2, 0) is 14.6 Å². The van der Waals surface area contributed by atoms with Crippen LogP contribution in [0.25, 0.3) is 0 Å². The van der Waals surface area contributed by atoms with Crippen LogP contribution in [0.5, 0.6) is 5.75 Å². The van der Waals surface area contributed by atoms with Gasteiger partial charge in [0, 0.05) is 18.8 Å². The molecule has 0 aromatic heterocycles. The van der Waals surface area contributed by atoms with Crippen LogP contribution in [-0.4, -0.2) is 64.5 Å². The summed E-state index contributed by atoms with van der Waals surface area (Å²) in [6, 6.07) is 7.60. The first kappa shape index (κ1) is 16.1. The van der Waals surface area contributed by atoms with Crippen LogP contribution in [0, 0.1) is 0 Å². The first-order chi connectivity index (χ1) is 10.1. The smallest absolute Gasteiger partial charge is 0.153 e. The average Bonchev–Trinajstić information content (AvgIpc) is 2.48. The molecule has 1 N–H and O–H groups in total. The minimum Gasteiger partial charge on any atom is -0.491 e. The van der Waals surface area contributed by atoms with Crippen molar-refractivity contribution in [2.45, 2.75) is 0 Å². The Bertz CT molecular complexity index is 515. The Morgan fingerprint density at radius 1 is 1.05 bits per heavy atom. The van der Waals surface area contributed by atoms with E-state index in [0.717, 1.165) is 11.4 Å². The summed E-state index contributed by atoms with van der Waals surface area (Å²) in [5.41, 5.74) is 1.01. The van der Waals surface area contributed by atoms with Crippen molar-refractivity contribution in [1.82, 2.24) is 0 Å². The van der Waals surface area contributed by atoms with Crippen molar-refractivity contribution in [1.29, 1.82) is 0 Å². The molecular weight excluding hydrogens is 294 g/mol. The number of nitrogens with zero attached hydrogens (tertiary/aromatic N) is 1. The number of benzene rings is 1. The maximum atomic E-state index is 11.4. The second kappa shape index (κ2) is 7.63. The molecule has 1 fully saturated rings. The molecule has 0 atom stereocenters. The summed E-state index contributed by atoms with van der Waals surface area (Å²) in [4.78, 5) is 2.06. The highest BCUT2D eigenvalue weighted by Gasteiger charge is 2.21. The molecule has 0 spiro atoms. The minimum absolute atomic E-state index is 0.0141. The van der Waals surface area contributed by atoms with Gasteiger partial charge in [-0.2, -0.15) is 0 Å². The number of anilines is 1. The highest BCUT2D eigenvalue weighted by Crippen LogP contribution is 2.21. The first-order valence-electron chi connectivity index (χ1n) is 6.97. The zero-order valence-electron chi connectivity index (χ0n) is 11.9. The van der Waals surface area contributed by atoms with Crippen molar-refractivity contribution in [3.63, 3.8) is 0 Å². The quantitative estimate of drug-likeness (QED) is 0.730. The van der Waals surface area contributed by atoms with E-state index in [1.54, 1.807) is 0 Å². The van der Waals surface area contributed by atoms with Crippen molar-refractivity contribution in [2.24, 2.45) is 0 Å². The summed E-state index contributed by atoms with van der Waals surface area (Å²) in [5.74, 6) is 1.18. The molecule has 1 heterocycles. The van der Waals surface area contributed by atoms with E-state index in [1.807, 2.05) is 24.3 Å². The Balaban J connectivity index is 1.79. The molecule has 7 heteroatoms. The van der Waals surface area contributed by atoms with E-state index in [0.29, 0.717) is 32.9 Å². The van der Waals surface area contributed by atoms with Gasteiger partial charge in [-0.1, -0.05) is 0 Å². The van der Waals surface area contributed by atoms with Crippen LogP contribution in [0.15, 0.2) is 24.3 Å². The van der Waals surface area contributed by atoms with Crippen molar-refractivity contribution in [3.05, 3.63) is 24.3 Å². The van der Waals surface area contributed by atoms with Crippen molar-refractivity contribution < 1.29 is 23.0 Å². The van der Waals surface area contributed by atoms with Gasteiger partial charge in [0.05, 0.1) is 31.3 Å². The zero-order valence-corrected chi connectivity index (χ0v) is 12.7. The van der Waals surface area contributed by atoms with E-state index in [1.165, 1.54) is 0 Å². The molecule has 1 aliphatic rings. The Kier molecular flexibility index (Phi) is 5.84. The van der Waals surface area contributed by atoms with E-state index >= 15 is 0 Å². The molecule has 0 saturated carbocycles. The Morgan fingerprint density at radius 3 is 2.33 bits per heavy atom. The molecule has 118 valence electrons. The summed E-state index contributed by atoms with van der Waals surface area (Å²) in [5, 5.41) is 8.56. The van der Waals surface area contributed by atoms with E-state index < -0.39 is 9.84 Å². The van der Waals surface area contributed by atoms with E-state index in [9.17, 15) is 8.42 Å². The van der Waals surface area contributed by atoms with Crippen LogP contribution in [0.2, 0.25) is 0 Å². The Labute approximate surface area is 125 Å². The fourth-order valence-electron chi connectivity index (χ4n) is 2.11. The average molecular weight is 315 g/mol. The van der Waals surface area contributed by atoms with Gasteiger partial charge in [0.15, 0.2) is 9.84 Å². The van der Waals surface area contributed by atoms with Gasteiger partial charge in [0.2, 0.25) is 0 Å². The normalized spacial score (nSPS) is 17.7. The van der Waals surface area contributed by atoms with Gasteiger partial charge in [0.25, 0.3) is 0 Å². The van der Waals surface area contributed by atoms with Crippen molar-refractivity contribution in [3.8, 4) is 5.75 Å². The zero-order chi connectivity index (χ0) is 15.1. The third kappa shape index (κ3) is 5.18. The largest absolute Gasteiger partial charge is 0.491 e. The monoisotopic (exact) mass is 315 g/mol. The molecule has 21 heavy (non-hydrogen) atoms. The van der Waals surface area contributed by atoms with Crippen LogP contribution >= 0.6 is 0 Å². The van der Waals surface area contributed by atoms with Gasteiger partial charge in [-0.15, -0.1) is 0 Å². The number of ether oxygens (including phenoxy) is 2. The van der Waals surface area contributed by atoms with Gasteiger partial charge in [-0.3, -0.25) is 0 Å². The van der Waals surface area contributed by atoms with Crippen molar-refractivity contribution >= 4 is 15.5 Å². The summed E-state index contributed by atoms with van der Waals surface area (Å²) >= 11 is 0. The highest BCUT2D eigenvalue weighted by atomic mass is 32.2. The Hall–Kier alpha value is -1.31. The summed E-state index contributed by atoms with van der Waals surface area (Å²) < 4.78 is 33.4. The second-order valence-corrected chi connectivity index (χ2v) is 7.12. The third-order valence-corrected chi connectivity index (χ3v) is 4.89. The molecular formula is C14H21NO5S. The van der Waals surface area contributed by atoms with E-state index in [4.69, 9.17) is 14.6 Å². The van der Waals surface area contributed by atoms with Crippen molar-refractivity contribution in [2.75, 3.05) is 55.9 Å². The second-order valence-electron chi connectivity index (χ2n) is 4.82. The summed E-state index contributed by atoms with van der Waals surface area (Å²) in [6.45, 7) is 2.28. The minimum atomic E-state index is -2.85. The first-order valence-corrected chi connectivity index (χ1v) is 8.80. The van der Waals surface area contributed by atoms with Gasteiger partial charge >= 0.3 is 0 Å². The molecule has 2 rings (SSSR count). The SMILES string of the molecule is O=S1(=O)CCN(c2ccc(OCCOCCO)cc2)CC1. The molecule has 0 radical (unpaired) electrons. The topological polar surface area (TPSA) is 76.1 Å². The van der Waals surface area contributed by atoms with Crippen LogP contribution in [0.4, 0.5) is 5.69 Å². The van der Waals surface area contributed by atoms with Gasteiger partial charge in [-0.25, -0.2) is 8.42 Å². The highest BCUT2D eigenvalue weighted by molar-refractivity contribution is 7.91. The lowest BCUT2D eigenvalue weighted by Gasteiger charge is -2.28. The number of sulfone groups is 1. The predicted octanol–water partition coefficient (Wildman–Crippen LogP) is 0.309. The maximum absolute atomic E-state index is 11.4. The standard InChI is InChI=1S/C14H21NO5S/c16-7-8-19-9-10-20-14-3-1-13(2-4-14)15-5-11-21(17,18)12-6-15/h1-4,16H,5-12H2. The van der Waals surface area contributed by atoms with Gasteiger partial charge < -0.3 is 19.5 Å². The number of rotatable bonds is 7. The summed E-state index contributed by atoms with van der Waals surface area (Å²) in [6.07, 6.45) is 0. The lowest BCUT2D eigenvalue weighted by Crippen LogP contribution is -2.40. The molecule has 0 bridgehead atoms. The number of hydrogen-bond donors (Lipinski definition) is 1. The molecule has 1 saturated heterocycles. The van der Waals surface area contributed by atoms with E-state index in [2.05, 4.69) is 4.90 Å². The maximum Gasteiger partial charge on any atom is 0.153 e. The fourth-order valence-corrected chi connectivity index (χ4v) is 3.31. The van der Waals surface area contributed by atoms with Crippen LogP contribution < -0.4 is 9.64 Å². The predicted molar refractivity (Wildman–Crippen MR) is 80.7 cm³/mol. The van der Waals surface area contributed by atoms with Crippen LogP contribution in [0.3, 0.4) is 0 Å².